The van der Waals surface area contributed by atoms with Crippen LogP contribution < -0.4 is 15.2 Å². The Labute approximate surface area is 203 Å². The molecule has 0 unspecified atom stereocenters. The quantitative estimate of drug-likeness (QED) is 0.611. The highest BCUT2D eigenvalue weighted by molar-refractivity contribution is 6.32. The number of carbonyl (C=O) groups excluding carboxylic acids is 1. The minimum atomic E-state index is -0.652. The predicted molar refractivity (Wildman–Crippen MR) is 127 cm³/mol. The maximum absolute atomic E-state index is 14.1. The summed E-state index contributed by atoms with van der Waals surface area (Å²) in [7, 11) is 1.77. The molecular formula is C26H25ClFN3O3. The van der Waals surface area contributed by atoms with Crippen LogP contribution in [0.5, 0.6) is 11.5 Å². The summed E-state index contributed by atoms with van der Waals surface area (Å²) in [4.78, 5) is 14.7. The van der Waals surface area contributed by atoms with Gasteiger partial charge in [0.15, 0.2) is 17.3 Å². The number of nitrogens with two attached hydrogens (primary N) is 1. The van der Waals surface area contributed by atoms with Crippen molar-refractivity contribution in [1.82, 2.24) is 4.90 Å². The number of rotatable bonds is 6. The van der Waals surface area contributed by atoms with Crippen LogP contribution in [0.15, 0.2) is 59.1 Å². The standard InChI is InChI=1S/C26H25ClFN3O3/c1-3-33-22-12-16(11-18(27)25(22)34-14-15-7-4-5-8-19(15)28)23-17(13-29)26(30)31(2)20-9-6-10-21(32)24(20)23/h4-5,7-8,11-12,23H,3,6,9-10,14,30H2,1-2H3/t23-/m1/s1. The van der Waals surface area contributed by atoms with E-state index < -0.39 is 5.92 Å². The zero-order chi connectivity index (χ0) is 24.4. The first kappa shape index (κ1) is 23.7. The van der Waals surface area contributed by atoms with Crippen molar-refractivity contribution in [2.75, 3.05) is 13.7 Å². The lowest BCUT2D eigenvalue weighted by atomic mass is 9.76. The van der Waals surface area contributed by atoms with Gasteiger partial charge in [-0.25, -0.2) is 4.39 Å². The Kier molecular flexibility index (Phi) is 6.80. The smallest absolute Gasteiger partial charge is 0.180 e. The molecule has 1 aliphatic heterocycles. The second-order valence-electron chi connectivity index (χ2n) is 8.18. The van der Waals surface area contributed by atoms with E-state index in [1.54, 1.807) is 42.3 Å². The third-order valence-corrected chi connectivity index (χ3v) is 6.44. The minimum Gasteiger partial charge on any atom is -0.490 e. The van der Waals surface area contributed by atoms with E-state index in [0.29, 0.717) is 47.7 Å². The number of hydrogen-bond acceptors (Lipinski definition) is 6. The van der Waals surface area contributed by atoms with Gasteiger partial charge in [0, 0.05) is 30.3 Å². The van der Waals surface area contributed by atoms with Crippen molar-refractivity contribution in [3.63, 3.8) is 0 Å². The van der Waals surface area contributed by atoms with Gasteiger partial charge in [0.2, 0.25) is 0 Å². The highest BCUT2D eigenvalue weighted by Crippen LogP contribution is 2.47. The van der Waals surface area contributed by atoms with Gasteiger partial charge < -0.3 is 20.1 Å². The Hall–Kier alpha value is -3.50. The van der Waals surface area contributed by atoms with Gasteiger partial charge >= 0.3 is 0 Å². The van der Waals surface area contributed by atoms with Gasteiger partial charge in [-0.05, 0) is 43.5 Å². The summed E-state index contributed by atoms with van der Waals surface area (Å²) in [6.07, 6.45) is 1.85. The third-order valence-electron chi connectivity index (χ3n) is 6.16. The number of ether oxygens (including phenoxy) is 2. The van der Waals surface area contributed by atoms with Crippen LogP contribution in [0, 0.1) is 17.1 Å². The lowest BCUT2D eigenvalue weighted by Crippen LogP contribution is -2.36. The molecule has 34 heavy (non-hydrogen) atoms. The molecular weight excluding hydrogens is 457 g/mol. The van der Waals surface area contributed by atoms with Crippen molar-refractivity contribution in [3.05, 3.63) is 81.0 Å². The lowest BCUT2D eigenvalue weighted by Gasteiger charge is -2.37. The molecule has 2 aliphatic rings. The van der Waals surface area contributed by atoms with Crippen molar-refractivity contribution >= 4 is 17.4 Å². The van der Waals surface area contributed by atoms with Crippen molar-refractivity contribution in [2.24, 2.45) is 5.73 Å². The molecule has 0 aromatic heterocycles. The molecule has 2 aromatic carbocycles. The first-order chi connectivity index (χ1) is 16.4. The molecule has 176 valence electrons. The van der Waals surface area contributed by atoms with Crippen molar-refractivity contribution in [3.8, 4) is 17.6 Å². The van der Waals surface area contributed by atoms with Crippen LogP contribution in [0.2, 0.25) is 5.02 Å². The summed E-state index contributed by atoms with van der Waals surface area (Å²) in [6, 6.07) is 11.9. The van der Waals surface area contributed by atoms with Crippen LogP contribution in [0.4, 0.5) is 4.39 Å². The number of ketones is 1. The molecule has 2 N–H and O–H groups in total. The normalized spacial score (nSPS) is 18.0. The zero-order valence-corrected chi connectivity index (χ0v) is 19.8. The number of benzene rings is 2. The van der Waals surface area contributed by atoms with E-state index in [-0.39, 0.29) is 34.6 Å². The Morgan fingerprint density at radius 1 is 1.26 bits per heavy atom. The van der Waals surface area contributed by atoms with Crippen molar-refractivity contribution in [2.45, 2.75) is 38.7 Å². The van der Waals surface area contributed by atoms with Crippen LogP contribution in [-0.4, -0.2) is 24.3 Å². The fourth-order valence-corrected chi connectivity index (χ4v) is 4.79. The van der Waals surface area contributed by atoms with E-state index in [0.717, 1.165) is 12.1 Å². The van der Waals surface area contributed by atoms with Gasteiger partial charge in [0.1, 0.15) is 18.2 Å². The Balaban J connectivity index is 1.79. The Morgan fingerprint density at radius 2 is 2.03 bits per heavy atom. The predicted octanol–water partition coefficient (Wildman–Crippen LogP) is 5.19. The average molecular weight is 482 g/mol. The lowest BCUT2D eigenvalue weighted by molar-refractivity contribution is -0.116. The van der Waals surface area contributed by atoms with E-state index >= 15 is 0 Å². The Bertz CT molecular complexity index is 1250. The summed E-state index contributed by atoms with van der Waals surface area (Å²) in [6.45, 7) is 2.12. The topological polar surface area (TPSA) is 88.6 Å². The number of Topliss-reactive ketones (excluding diaryl/α,β-unsaturated/α-hetero) is 1. The highest BCUT2D eigenvalue weighted by Gasteiger charge is 2.39. The van der Waals surface area contributed by atoms with Crippen LogP contribution >= 0.6 is 11.6 Å². The van der Waals surface area contributed by atoms with E-state index in [2.05, 4.69) is 6.07 Å². The Morgan fingerprint density at radius 3 is 2.74 bits per heavy atom. The molecule has 4 rings (SSSR count). The van der Waals surface area contributed by atoms with Gasteiger partial charge in [0.25, 0.3) is 0 Å². The average Bonchev–Trinajstić information content (AvgIpc) is 2.82. The van der Waals surface area contributed by atoms with Gasteiger partial charge in [-0.3, -0.25) is 4.79 Å². The molecule has 1 heterocycles. The van der Waals surface area contributed by atoms with Gasteiger partial charge in [0.05, 0.1) is 29.2 Å². The fraction of sp³-hybridized carbons (Fsp3) is 0.308. The van der Waals surface area contributed by atoms with Gasteiger partial charge in [-0.15, -0.1) is 0 Å². The van der Waals surface area contributed by atoms with Crippen molar-refractivity contribution in [1.29, 1.82) is 5.26 Å². The van der Waals surface area contributed by atoms with E-state index in [1.807, 2.05) is 6.92 Å². The molecule has 0 saturated carbocycles. The molecule has 0 radical (unpaired) electrons. The van der Waals surface area contributed by atoms with Crippen LogP contribution in [0.3, 0.4) is 0 Å². The molecule has 1 aliphatic carbocycles. The minimum absolute atomic E-state index is 0.00712. The molecule has 6 nitrogen and oxygen atoms in total. The molecule has 0 bridgehead atoms. The summed E-state index contributed by atoms with van der Waals surface area (Å²) >= 11 is 6.62. The van der Waals surface area contributed by atoms with Crippen LogP contribution in [-0.2, 0) is 11.4 Å². The molecule has 0 spiro atoms. The van der Waals surface area contributed by atoms with E-state index in [9.17, 15) is 14.4 Å². The highest BCUT2D eigenvalue weighted by atomic mass is 35.5. The van der Waals surface area contributed by atoms with E-state index in [4.69, 9.17) is 26.8 Å². The second-order valence-corrected chi connectivity index (χ2v) is 8.59. The third kappa shape index (κ3) is 4.22. The molecule has 0 amide bonds. The summed E-state index contributed by atoms with van der Waals surface area (Å²) < 4.78 is 25.7. The number of nitriles is 1. The number of hydrogen-bond donors (Lipinski definition) is 1. The summed E-state index contributed by atoms with van der Waals surface area (Å²) in [5, 5.41) is 10.2. The molecule has 8 heteroatoms. The van der Waals surface area contributed by atoms with Crippen LogP contribution in [0.1, 0.15) is 43.2 Å². The summed E-state index contributed by atoms with van der Waals surface area (Å²) in [5.41, 5.74) is 8.99. The fourth-order valence-electron chi connectivity index (χ4n) is 4.52. The first-order valence-electron chi connectivity index (χ1n) is 11.1. The van der Waals surface area contributed by atoms with Gasteiger partial charge in [-0.1, -0.05) is 29.8 Å². The zero-order valence-electron chi connectivity index (χ0n) is 19.0. The van der Waals surface area contributed by atoms with Crippen LogP contribution in [0.25, 0.3) is 0 Å². The SMILES string of the molecule is CCOc1cc([C@@H]2C(C#N)=C(N)N(C)C3=C2C(=O)CCC3)cc(Cl)c1OCc1ccccc1F. The monoisotopic (exact) mass is 481 g/mol. The van der Waals surface area contributed by atoms with Crippen molar-refractivity contribution < 1.29 is 18.7 Å². The number of nitrogens with zero attached hydrogens (tertiary/aromatic N) is 2. The first-order valence-corrected chi connectivity index (χ1v) is 11.5. The largest absolute Gasteiger partial charge is 0.490 e. The number of halogens is 2. The number of allylic oxidation sites excluding steroid dienone is 3. The molecule has 0 fully saturated rings. The van der Waals surface area contributed by atoms with Gasteiger partial charge in [-0.2, -0.15) is 5.26 Å². The maximum atomic E-state index is 14.1. The maximum Gasteiger partial charge on any atom is 0.180 e. The molecule has 0 saturated heterocycles. The molecule has 2 aromatic rings. The summed E-state index contributed by atoms with van der Waals surface area (Å²) in [5.74, 6) is -0.109. The van der Waals surface area contributed by atoms with E-state index in [1.165, 1.54) is 6.07 Å². The second kappa shape index (κ2) is 9.78. The number of carbonyl (C=O) groups is 1. The molecule has 1 atom stereocenters.